The molecule has 1 rings (SSSR count). The molecule has 1 atom stereocenters. The van der Waals surface area contributed by atoms with Crippen molar-refractivity contribution in [2.24, 2.45) is 0 Å². The van der Waals surface area contributed by atoms with Gasteiger partial charge in [-0.25, -0.2) is 4.79 Å². The first kappa shape index (κ1) is 18.5. The summed E-state index contributed by atoms with van der Waals surface area (Å²) in [5, 5.41) is 9.88. The number of carbonyl (C=O) groups is 1. The van der Waals surface area contributed by atoms with Gasteiger partial charge < -0.3 is 9.84 Å². The number of hydrogen-bond acceptors (Lipinski definition) is 3. The minimum absolute atomic E-state index is 0.0451. The van der Waals surface area contributed by atoms with Crippen molar-refractivity contribution in [3.8, 4) is 0 Å². The quantitative estimate of drug-likeness (QED) is 0.359. The van der Waals surface area contributed by atoms with Gasteiger partial charge in [0.2, 0.25) is 0 Å². The maximum atomic E-state index is 11.9. The van der Waals surface area contributed by atoms with Gasteiger partial charge in [-0.2, -0.15) is 0 Å². The van der Waals surface area contributed by atoms with Crippen LogP contribution in [-0.4, -0.2) is 23.3 Å². The van der Waals surface area contributed by atoms with Crippen LogP contribution in [0.5, 0.6) is 0 Å². The van der Waals surface area contributed by atoms with Crippen LogP contribution in [0.3, 0.4) is 0 Å². The number of unbranched alkanes of at least 4 members (excludes halogenated alkanes) is 6. The zero-order valence-electron chi connectivity index (χ0n) is 13.8. The molecule has 1 fully saturated rings. The second-order valence-corrected chi connectivity index (χ2v) is 6.48. The SMILES string of the molecule is CCCCCCCCCC(O)C(=O)OC1CCCCCC1. The van der Waals surface area contributed by atoms with E-state index in [-0.39, 0.29) is 6.10 Å². The van der Waals surface area contributed by atoms with Crippen molar-refractivity contribution >= 4 is 5.97 Å². The molecule has 1 saturated carbocycles. The van der Waals surface area contributed by atoms with Crippen molar-refractivity contribution < 1.29 is 14.6 Å². The Balaban J connectivity index is 2.04. The predicted molar refractivity (Wildman–Crippen MR) is 86.2 cm³/mol. The Kier molecular flexibility index (Phi) is 10.6. The highest BCUT2D eigenvalue weighted by molar-refractivity contribution is 5.74. The normalized spacial score (nSPS) is 18.2. The molecular weight excluding hydrogens is 264 g/mol. The Labute approximate surface area is 130 Å². The number of carbonyl (C=O) groups excluding carboxylic acids is 1. The summed E-state index contributed by atoms with van der Waals surface area (Å²) in [5.74, 6) is -0.395. The number of esters is 1. The van der Waals surface area contributed by atoms with Gasteiger partial charge in [-0.05, 0) is 32.1 Å². The van der Waals surface area contributed by atoms with Crippen LogP contribution in [0, 0.1) is 0 Å². The topological polar surface area (TPSA) is 46.5 Å². The van der Waals surface area contributed by atoms with Crippen LogP contribution < -0.4 is 0 Å². The average Bonchev–Trinajstić information content (AvgIpc) is 2.74. The molecule has 0 aromatic heterocycles. The van der Waals surface area contributed by atoms with Crippen LogP contribution in [0.15, 0.2) is 0 Å². The molecule has 124 valence electrons. The highest BCUT2D eigenvalue weighted by Gasteiger charge is 2.21. The third-order valence-electron chi connectivity index (χ3n) is 4.44. The first-order valence-corrected chi connectivity index (χ1v) is 9.12. The van der Waals surface area contributed by atoms with Crippen molar-refractivity contribution in [1.29, 1.82) is 0 Å². The first-order chi connectivity index (χ1) is 10.2. The minimum Gasteiger partial charge on any atom is -0.460 e. The van der Waals surface area contributed by atoms with E-state index >= 15 is 0 Å². The molecule has 0 radical (unpaired) electrons. The fourth-order valence-corrected chi connectivity index (χ4v) is 3.02. The van der Waals surface area contributed by atoms with Crippen molar-refractivity contribution in [2.45, 2.75) is 109 Å². The lowest BCUT2D eigenvalue weighted by molar-refractivity contribution is -0.160. The molecule has 1 unspecified atom stereocenters. The Hall–Kier alpha value is -0.570. The van der Waals surface area contributed by atoms with Crippen molar-refractivity contribution in [2.75, 3.05) is 0 Å². The summed E-state index contributed by atoms with van der Waals surface area (Å²) in [7, 11) is 0. The molecule has 0 spiro atoms. The summed E-state index contributed by atoms with van der Waals surface area (Å²) < 4.78 is 5.45. The van der Waals surface area contributed by atoms with Crippen LogP contribution in [0.4, 0.5) is 0 Å². The van der Waals surface area contributed by atoms with Crippen LogP contribution in [0.2, 0.25) is 0 Å². The predicted octanol–water partition coefficient (Wildman–Crippen LogP) is 4.75. The van der Waals surface area contributed by atoms with E-state index < -0.39 is 12.1 Å². The molecule has 0 heterocycles. The van der Waals surface area contributed by atoms with E-state index in [9.17, 15) is 9.90 Å². The Morgan fingerprint density at radius 3 is 2.19 bits per heavy atom. The molecule has 0 amide bonds. The molecule has 1 aliphatic carbocycles. The largest absolute Gasteiger partial charge is 0.460 e. The van der Waals surface area contributed by atoms with Gasteiger partial charge in [-0.15, -0.1) is 0 Å². The highest BCUT2D eigenvalue weighted by Crippen LogP contribution is 2.20. The Bertz CT molecular complexity index is 257. The molecule has 0 saturated heterocycles. The highest BCUT2D eigenvalue weighted by atomic mass is 16.6. The van der Waals surface area contributed by atoms with Crippen LogP contribution in [-0.2, 0) is 9.53 Å². The number of ether oxygens (including phenoxy) is 1. The monoisotopic (exact) mass is 298 g/mol. The molecule has 3 heteroatoms. The standard InChI is InChI=1S/C18H34O3/c1-2-3-4-5-6-7-12-15-17(19)18(20)21-16-13-10-8-9-11-14-16/h16-17,19H,2-15H2,1H3. The summed E-state index contributed by atoms with van der Waals surface area (Å²) in [4.78, 5) is 11.9. The number of aliphatic hydroxyl groups excluding tert-OH is 1. The smallest absolute Gasteiger partial charge is 0.335 e. The Morgan fingerprint density at radius 2 is 1.57 bits per heavy atom. The lowest BCUT2D eigenvalue weighted by Gasteiger charge is -2.18. The second kappa shape index (κ2) is 12.0. The minimum atomic E-state index is -0.913. The van der Waals surface area contributed by atoms with Gasteiger partial charge in [0.15, 0.2) is 6.10 Å². The molecule has 0 aromatic carbocycles. The Morgan fingerprint density at radius 1 is 1.00 bits per heavy atom. The third kappa shape index (κ3) is 9.13. The lowest BCUT2D eigenvalue weighted by atomic mass is 10.1. The molecule has 0 bridgehead atoms. The van der Waals surface area contributed by atoms with E-state index in [1.54, 1.807) is 0 Å². The number of rotatable bonds is 10. The number of hydrogen-bond donors (Lipinski definition) is 1. The van der Waals surface area contributed by atoms with Gasteiger partial charge in [0.05, 0.1) is 0 Å². The second-order valence-electron chi connectivity index (χ2n) is 6.48. The summed E-state index contributed by atoms with van der Waals surface area (Å²) >= 11 is 0. The number of aliphatic hydroxyl groups is 1. The zero-order chi connectivity index (χ0) is 15.3. The molecule has 0 aliphatic heterocycles. The van der Waals surface area contributed by atoms with Crippen LogP contribution in [0.25, 0.3) is 0 Å². The van der Waals surface area contributed by atoms with Crippen molar-refractivity contribution in [3.05, 3.63) is 0 Å². The fourth-order valence-electron chi connectivity index (χ4n) is 3.02. The van der Waals surface area contributed by atoms with Gasteiger partial charge in [-0.3, -0.25) is 0 Å². The third-order valence-corrected chi connectivity index (χ3v) is 4.44. The molecule has 3 nitrogen and oxygen atoms in total. The van der Waals surface area contributed by atoms with Crippen molar-refractivity contribution in [1.82, 2.24) is 0 Å². The first-order valence-electron chi connectivity index (χ1n) is 9.12. The van der Waals surface area contributed by atoms with Gasteiger partial charge in [-0.1, -0.05) is 64.7 Å². The van der Waals surface area contributed by atoms with Gasteiger partial charge in [0.25, 0.3) is 0 Å². The van der Waals surface area contributed by atoms with Gasteiger partial charge >= 0.3 is 5.97 Å². The summed E-state index contributed by atoms with van der Waals surface area (Å²) in [5.41, 5.74) is 0. The van der Waals surface area contributed by atoms with Gasteiger partial charge in [0, 0.05) is 0 Å². The maximum absolute atomic E-state index is 11.9. The fraction of sp³-hybridized carbons (Fsp3) is 0.944. The van der Waals surface area contributed by atoms with E-state index in [2.05, 4.69) is 6.92 Å². The van der Waals surface area contributed by atoms with Gasteiger partial charge in [0.1, 0.15) is 6.10 Å². The molecule has 1 aliphatic rings. The van der Waals surface area contributed by atoms with E-state index in [4.69, 9.17) is 4.74 Å². The summed E-state index contributed by atoms with van der Waals surface area (Å²) in [6.07, 6.45) is 14.8. The lowest BCUT2D eigenvalue weighted by Crippen LogP contribution is -2.27. The van der Waals surface area contributed by atoms with E-state index in [1.807, 2.05) is 0 Å². The van der Waals surface area contributed by atoms with E-state index in [1.165, 1.54) is 44.9 Å². The molecule has 21 heavy (non-hydrogen) atoms. The van der Waals surface area contributed by atoms with Crippen molar-refractivity contribution in [3.63, 3.8) is 0 Å². The van der Waals surface area contributed by atoms with Crippen LogP contribution >= 0.6 is 0 Å². The van der Waals surface area contributed by atoms with E-state index in [0.717, 1.165) is 38.5 Å². The van der Waals surface area contributed by atoms with E-state index in [0.29, 0.717) is 6.42 Å². The van der Waals surface area contributed by atoms with Crippen LogP contribution in [0.1, 0.15) is 96.8 Å². The zero-order valence-corrected chi connectivity index (χ0v) is 13.8. The summed E-state index contributed by atoms with van der Waals surface area (Å²) in [6, 6.07) is 0. The molecular formula is C18H34O3. The average molecular weight is 298 g/mol. The maximum Gasteiger partial charge on any atom is 0.335 e. The molecule has 0 aromatic rings. The summed E-state index contributed by atoms with van der Waals surface area (Å²) in [6.45, 7) is 2.22. The molecule has 1 N–H and O–H groups in total.